The summed E-state index contributed by atoms with van der Waals surface area (Å²) < 4.78 is 0. The Morgan fingerprint density at radius 2 is 2.32 bits per heavy atom. The number of thiazole rings is 1. The van der Waals surface area contributed by atoms with Gasteiger partial charge in [0.05, 0.1) is 16.3 Å². The first kappa shape index (κ1) is 13.8. The van der Waals surface area contributed by atoms with E-state index in [0.29, 0.717) is 5.69 Å². The second kappa shape index (κ2) is 5.14. The highest BCUT2D eigenvalue weighted by atomic mass is 32.1. The van der Waals surface area contributed by atoms with Gasteiger partial charge in [-0.1, -0.05) is 0 Å². The summed E-state index contributed by atoms with van der Waals surface area (Å²) in [5.41, 5.74) is 1.29. The molecule has 5 nitrogen and oxygen atoms in total. The summed E-state index contributed by atoms with van der Waals surface area (Å²) in [6, 6.07) is 1.76. The van der Waals surface area contributed by atoms with Gasteiger partial charge in [0.1, 0.15) is 5.69 Å². The molecule has 0 saturated carbocycles. The molecule has 0 fully saturated rings. The van der Waals surface area contributed by atoms with Crippen molar-refractivity contribution in [3.8, 4) is 11.3 Å². The lowest BCUT2D eigenvalue weighted by atomic mass is 10.1. The third-order valence-corrected chi connectivity index (χ3v) is 3.30. The molecule has 19 heavy (non-hydrogen) atoms. The van der Waals surface area contributed by atoms with Crippen LogP contribution >= 0.6 is 11.3 Å². The number of nitrogens with one attached hydrogen (secondary N) is 2. The predicted octanol–water partition coefficient (Wildman–Crippen LogP) is 1.95. The summed E-state index contributed by atoms with van der Waals surface area (Å²) in [7, 11) is 0. The third-order valence-electron chi connectivity index (χ3n) is 2.52. The molecule has 2 aromatic rings. The van der Waals surface area contributed by atoms with Crippen LogP contribution in [0.25, 0.3) is 11.3 Å². The minimum atomic E-state index is -0.920. The van der Waals surface area contributed by atoms with E-state index in [4.69, 9.17) is 0 Å². The van der Waals surface area contributed by atoms with Gasteiger partial charge in [-0.25, -0.2) is 4.98 Å². The lowest BCUT2D eigenvalue weighted by Gasteiger charge is -2.17. The van der Waals surface area contributed by atoms with Crippen LogP contribution in [0.2, 0.25) is 0 Å². The molecule has 0 saturated heterocycles. The highest BCUT2D eigenvalue weighted by Crippen LogP contribution is 2.22. The number of hydrogen-bond acceptors (Lipinski definition) is 4. The second-order valence-electron chi connectivity index (χ2n) is 5.05. The Kier molecular flexibility index (Phi) is 3.73. The maximum absolute atomic E-state index is 11.9. The van der Waals surface area contributed by atoms with Crippen molar-refractivity contribution in [2.24, 2.45) is 0 Å². The first-order chi connectivity index (χ1) is 8.85. The van der Waals surface area contributed by atoms with E-state index in [-0.39, 0.29) is 12.5 Å². The number of aliphatic hydroxyl groups is 1. The van der Waals surface area contributed by atoms with Crippen molar-refractivity contribution in [3.63, 3.8) is 0 Å². The van der Waals surface area contributed by atoms with Gasteiger partial charge in [0.15, 0.2) is 0 Å². The van der Waals surface area contributed by atoms with Crippen molar-refractivity contribution < 1.29 is 9.90 Å². The summed E-state index contributed by atoms with van der Waals surface area (Å²) in [5, 5.41) is 15.2. The van der Waals surface area contributed by atoms with Crippen LogP contribution in [0.5, 0.6) is 0 Å². The van der Waals surface area contributed by atoms with Crippen molar-refractivity contribution in [1.29, 1.82) is 0 Å². The summed E-state index contributed by atoms with van der Waals surface area (Å²) in [4.78, 5) is 19.2. The van der Waals surface area contributed by atoms with Crippen LogP contribution < -0.4 is 5.32 Å². The molecule has 0 spiro atoms. The largest absolute Gasteiger partial charge is 0.389 e. The summed E-state index contributed by atoms with van der Waals surface area (Å²) in [5.74, 6) is -0.236. The Morgan fingerprint density at radius 1 is 1.58 bits per heavy atom. The topological polar surface area (TPSA) is 78.0 Å². The van der Waals surface area contributed by atoms with Crippen LogP contribution in [0.3, 0.4) is 0 Å². The zero-order chi connectivity index (χ0) is 14.0. The molecule has 2 heterocycles. The van der Waals surface area contributed by atoms with Crippen molar-refractivity contribution >= 4 is 17.2 Å². The number of aromatic nitrogens is 2. The molecule has 3 N–H and O–H groups in total. The number of nitrogens with zero attached hydrogens (tertiary/aromatic N) is 1. The Balaban J connectivity index is 2.07. The molecular formula is C13H17N3O2S. The van der Waals surface area contributed by atoms with E-state index in [1.165, 1.54) is 0 Å². The van der Waals surface area contributed by atoms with Gasteiger partial charge in [0.2, 0.25) is 0 Å². The van der Waals surface area contributed by atoms with Crippen LogP contribution in [-0.2, 0) is 0 Å². The summed E-state index contributed by atoms with van der Waals surface area (Å²) in [6.07, 6.45) is 1.76. The van der Waals surface area contributed by atoms with Crippen LogP contribution in [0.4, 0.5) is 0 Å². The minimum Gasteiger partial charge on any atom is -0.389 e. The number of amides is 1. The van der Waals surface area contributed by atoms with Crippen LogP contribution in [0.15, 0.2) is 17.6 Å². The Labute approximate surface area is 115 Å². The van der Waals surface area contributed by atoms with E-state index in [9.17, 15) is 9.90 Å². The number of hydrogen-bond donors (Lipinski definition) is 3. The molecule has 0 unspecified atom stereocenters. The van der Waals surface area contributed by atoms with E-state index < -0.39 is 5.60 Å². The average Bonchev–Trinajstić information content (AvgIpc) is 2.93. The van der Waals surface area contributed by atoms with Gasteiger partial charge in [-0.2, -0.15) is 0 Å². The molecule has 6 heteroatoms. The highest BCUT2D eigenvalue weighted by molar-refractivity contribution is 7.09. The van der Waals surface area contributed by atoms with Gasteiger partial charge < -0.3 is 15.4 Å². The molecule has 0 radical (unpaired) electrons. The molecule has 0 aliphatic rings. The lowest BCUT2D eigenvalue weighted by Crippen LogP contribution is -2.38. The van der Waals surface area contributed by atoms with E-state index in [1.54, 1.807) is 37.4 Å². The van der Waals surface area contributed by atoms with Gasteiger partial charge in [0, 0.05) is 23.7 Å². The standard InChI is InChI=1S/C13H17N3O2S/c1-8-16-11(6-19-8)9-4-10(14-5-9)12(17)15-7-13(2,3)18/h4-6,14,18H,7H2,1-3H3,(H,15,17). The van der Waals surface area contributed by atoms with Crippen molar-refractivity contribution in [2.75, 3.05) is 6.54 Å². The van der Waals surface area contributed by atoms with E-state index in [2.05, 4.69) is 15.3 Å². The van der Waals surface area contributed by atoms with Crippen molar-refractivity contribution in [2.45, 2.75) is 26.4 Å². The smallest absolute Gasteiger partial charge is 0.267 e. The monoisotopic (exact) mass is 279 g/mol. The Morgan fingerprint density at radius 3 is 2.89 bits per heavy atom. The number of carbonyl (C=O) groups excluding carboxylic acids is 1. The fourth-order valence-electron chi connectivity index (χ4n) is 1.56. The maximum atomic E-state index is 11.9. The molecule has 0 bridgehead atoms. The number of H-pyrrole nitrogens is 1. The molecule has 0 aromatic carbocycles. The molecule has 2 aromatic heterocycles. The molecular weight excluding hydrogens is 262 g/mol. The fraction of sp³-hybridized carbons (Fsp3) is 0.385. The SMILES string of the molecule is Cc1nc(-c2c[nH]c(C(=O)NCC(C)(C)O)c2)cs1. The summed E-state index contributed by atoms with van der Waals surface area (Å²) in [6.45, 7) is 5.44. The first-order valence-corrected chi connectivity index (χ1v) is 6.84. The van der Waals surface area contributed by atoms with Gasteiger partial charge in [-0.3, -0.25) is 4.79 Å². The molecule has 0 aliphatic heterocycles. The zero-order valence-electron chi connectivity index (χ0n) is 11.2. The van der Waals surface area contributed by atoms with Gasteiger partial charge in [-0.05, 0) is 26.8 Å². The third kappa shape index (κ3) is 3.65. The molecule has 102 valence electrons. The van der Waals surface area contributed by atoms with Crippen molar-refractivity contribution in [3.05, 3.63) is 28.3 Å². The van der Waals surface area contributed by atoms with E-state index in [0.717, 1.165) is 16.3 Å². The number of aromatic amines is 1. The number of rotatable bonds is 4. The summed E-state index contributed by atoms with van der Waals surface area (Å²) >= 11 is 1.57. The molecule has 2 rings (SSSR count). The van der Waals surface area contributed by atoms with Crippen LogP contribution in [0, 0.1) is 6.92 Å². The van der Waals surface area contributed by atoms with Gasteiger partial charge in [-0.15, -0.1) is 11.3 Å². The first-order valence-electron chi connectivity index (χ1n) is 5.97. The highest BCUT2D eigenvalue weighted by Gasteiger charge is 2.16. The normalized spacial score (nSPS) is 11.6. The predicted molar refractivity (Wildman–Crippen MR) is 75.3 cm³/mol. The van der Waals surface area contributed by atoms with Crippen LogP contribution in [0.1, 0.15) is 29.3 Å². The fourth-order valence-corrected chi connectivity index (χ4v) is 2.18. The lowest BCUT2D eigenvalue weighted by molar-refractivity contribution is 0.0692. The Hall–Kier alpha value is -1.66. The maximum Gasteiger partial charge on any atom is 0.267 e. The van der Waals surface area contributed by atoms with Gasteiger partial charge in [0.25, 0.3) is 5.91 Å². The molecule has 0 atom stereocenters. The average molecular weight is 279 g/mol. The van der Waals surface area contributed by atoms with E-state index >= 15 is 0 Å². The van der Waals surface area contributed by atoms with Gasteiger partial charge >= 0.3 is 0 Å². The quantitative estimate of drug-likeness (QED) is 0.800. The molecule has 1 amide bonds. The minimum absolute atomic E-state index is 0.204. The zero-order valence-corrected chi connectivity index (χ0v) is 12.0. The number of aryl methyl sites for hydroxylation is 1. The Bertz CT molecular complexity index is 581. The van der Waals surface area contributed by atoms with E-state index in [1.807, 2.05) is 12.3 Å². The number of carbonyl (C=O) groups is 1. The molecule has 0 aliphatic carbocycles. The van der Waals surface area contributed by atoms with Crippen molar-refractivity contribution in [1.82, 2.24) is 15.3 Å². The second-order valence-corrected chi connectivity index (χ2v) is 6.11. The van der Waals surface area contributed by atoms with Crippen LogP contribution in [-0.4, -0.2) is 33.1 Å².